The molecule has 0 N–H and O–H groups in total. The van der Waals surface area contributed by atoms with Crippen molar-refractivity contribution in [2.75, 3.05) is 7.11 Å². The fourth-order valence-corrected chi connectivity index (χ4v) is 6.21. The molecule has 1 saturated heterocycles. The molecular formula is C32H50O6Si. The molecule has 0 amide bonds. The zero-order valence-electron chi connectivity index (χ0n) is 25.1. The average Bonchev–Trinajstić information content (AvgIpc) is 3.18. The predicted octanol–water partition coefficient (Wildman–Crippen LogP) is 7.49. The molecule has 1 aromatic carbocycles. The number of hydrogen-bond donors (Lipinski definition) is 0. The number of carbonyl (C=O) groups excluding carboxylic acids is 1. The summed E-state index contributed by atoms with van der Waals surface area (Å²) in [5.74, 6) is -0.791. The van der Waals surface area contributed by atoms with Crippen LogP contribution in [-0.2, 0) is 34.8 Å². The van der Waals surface area contributed by atoms with Crippen molar-refractivity contribution in [2.24, 2.45) is 0 Å². The van der Waals surface area contributed by atoms with E-state index in [4.69, 9.17) is 23.4 Å². The Bertz CT molecular complexity index is 945. The lowest BCUT2D eigenvalue weighted by Crippen LogP contribution is -2.43. The molecule has 0 unspecified atom stereocenters. The van der Waals surface area contributed by atoms with E-state index >= 15 is 0 Å². The number of esters is 1. The minimum Gasteiger partial charge on any atom is -0.466 e. The first kappa shape index (κ1) is 31.8. The molecule has 3 rings (SSSR count). The van der Waals surface area contributed by atoms with Crippen LogP contribution in [0.1, 0.15) is 78.2 Å². The van der Waals surface area contributed by atoms with Gasteiger partial charge in [-0.2, -0.15) is 0 Å². The smallest absolute Gasteiger partial charge is 0.330 e. The van der Waals surface area contributed by atoms with E-state index in [-0.39, 0.29) is 35.4 Å². The second kappa shape index (κ2) is 14.2. The highest BCUT2D eigenvalue weighted by molar-refractivity contribution is 6.74. The molecule has 1 saturated carbocycles. The van der Waals surface area contributed by atoms with Crippen molar-refractivity contribution < 1.29 is 28.2 Å². The molecule has 0 radical (unpaired) electrons. The Kier molecular flexibility index (Phi) is 11.6. The van der Waals surface area contributed by atoms with Gasteiger partial charge in [0.2, 0.25) is 0 Å². The third kappa shape index (κ3) is 9.68. The zero-order chi connectivity index (χ0) is 28.5. The third-order valence-electron chi connectivity index (χ3n) is 8.29. The van der Waals surface area contributed by atoms with Gasteiger partial charge in [-0.15, -0.1) is 0 Å². The molecule has 2 fully saturated rings. The van der Waals surface area contributed by atoms with Crippen LogP contribution in [-0.4, -0.2) is 51.6 Å². The summed E-state index contributed by atoms with van der Waals surface area (Å²) in [6.45, 7) is 13.8. The molecule has 218 valence electrons. The maximum atomic E-state index is 11.7. The first-order valence-electron chi connectivity index (χ1n) is 14.5. The van der Waals surface area contributed by atoms with Gasteiger partial charge in [-0.05, 0) is 49.9 Å². The van der Waals surface area contributed by atoms with Gasteiger partial charge in [0.05, 0.1) is 38.1 Å². The van der Waals surface area contributed by atoms with Crippen molar-refractivity contribution in [3.8, 4) is 0 Å². The molecule has 0 aromatic heterocycles. The van der Waals surface area contributed by atoms with Gasteiger partial charge in [-0.1, -0.05) is 75.8 Å². The Balaban J connectivity index is 1.77. The van der Waals surface area contributed by atoms with E-state index in [1.165, 1.54) is 19.6 Å². The monoisotopic (exact) mass is 558 g/mol. The second-order valence-electron chi connectivity index (χ2n) is 12.5. The summed E-state index contributed by atoms with van der Waals surface area (Å²) in [6.07, 6.45) is 13.9. The second-order valence-corrected chi connectivity index (χ2v) is 17.2. The largest absolute Gasteiger partial charge is 0.466 e. The minimum atomic E-state index is -2.06. The summed E-state index contributed by atoms with van der Waals surface area (Å²) in [5, 5.41) is 0.0626. The lowest BCUT2D eigenvalue weighted by Gasteiger charge is -2.38. The van der Waals surface area contributed by atoms with Gasteiger partial charge in [0, 0.05) is 25.3 Å². The molecule has 1 aliphatic heterocycles. The van der Waals surface area contributed by atoms with E-state index in [1.807, 2.05) is 24.3 Å². The van der Waals surface area contributed by atoms with Gasteiger partial charge in [0.25, 0.3) is 0 Å². The number of ether oxygens (including phenoxy) is 4. The lowest BCUT2D eigenvalue weighted by atomic mass is 9.94. The summed E-state index contributed by atoms with van der Waals surface area (Å²) >= 11 is 0. The van der Waals surface area contributed by atoms with Crippen molar-refractivity contribution in [1.82, 2.24) is 0 Å². The maximum Gasteiger partial charge on any atom is 0.330 e. The molecule has 39 heavy (non-hydrogen) atoms. The molecule has 1 heterocycles. The van der Waals surface area contributed by atoms with Crippen molar-refractivity contribution >= 4 is 14.3 Å². The van der Waals surface area contributed by atoms with Crippen molar-refractivity contribution in [1.29, 1.82) is 0 Å². The lowest BCUT2D eigenvalue weighted by molar-refractivity contribution is -0.194. The average molecular weight is 559 g/mol. The Hall–Kier alpha value is -1.77. The minimum absolute atomic E-state index is 0.0154. The quantitative estimate of drug-likeness (QED) is 0.115. The Morgan fingerprint density at radius 2 is 1.74 bits per heavy atom. The number of rotatable bonds is 12. The van der Waals surface area contributed by atoms with E-state index in [9.17, 15) is 4.79 Å². The fourth-order valence-electron chi connectivity index (χ4n) is 4.92. The highest BCUT2D eigenvalue weighted by Gasteiger charge is 2.46. The summed E-state index contributed by atoms with van der Waals surface area (Å²) in [4.78, 5) is 11.7. The van der Waals surface area contributed by atoms with E-state index in [0.717, 1.165) is 31.2 Å². The van der Waals surface area contributed by atoms with E-state index < -0.39 is 14.1 Å². The maximum absolute atomic E-state index is 11.7. The van der Waals surface area contributed by atoms with Gasteiger partial charge in [-0.3, -0.25) is 0 Å². The van der Waals surface area contributed by atoms with Gasteiger partial charge >= 0.3 is 5.97 Å². The van der Waals surface area contributed by atoms with E-state index in [0.29, 0.717) is 19.4 Å². The molecule has 0 bridgehead atoms. The van der Waals surface area contributed by atoms with Crippen molar-refractivity contribution in [3.63, 3.8) is 0 Å². The third-order valence-corrected chi connectivity index (χ3v) is 12.8. The number of hydrogen-bond acceptors (Lipinski definition) is 6. The number of carbonyl (C=O) groups is 1. The molecule has 7 heteroatoms. The summed E-state index contributed by atoms with van der Waals surface area (Å²) in [7, 11) is -0.670. The zero-order valence-corrected chi connectivity index (χ0v) is 26.1. The van der Waals surface area contributed by atoms with Crippen molar-refractivity contribution in [2.45, 2.75) is 128 Å². The van der Waals surface area contributed by atoms with Crippen LogP contribution < -0.4 is 0 Å². The molecule has 1 aliphatic carbocycles. The van der Waals surface area contributed by atoms with Crippen LogP contribution in [0.5, 0.6) is 0 Å². The number of methoxy groups -OCH3 is 1. The SMILES string of the molecule is COC(=O)/C=C/C[C@H](/C=C\[C@H](C[C@@H]1OC2(CCCCC2)O[C@H]1C)OCc1ccccc1)O[Si](C)(C)C(C)(C)C. The Morgan fingerprint density at radius 1 is 1.08 bits per heavy atom. The standard InChI is InChI=1S/C32H50O6Si/c1-25-29(37-32(36-25)21-12-9-13-22-32)23-28(35-24-26-15-10-8-11-16-26)20-19-27(17-14-18-30(33)34-5)38-39(6,7)31(2,3)4/h8,10-11,14-16,18-20,25,27-29H,9,12-13,17,21-24H2,1-7H3/b18-14+,20-19-/t25-,27+,28+,29-/m0/s1. The van der Waals surface area contributed by atoms with Crippen LogP contribution in [0.4, 0.5) is 0 Å². The molecule has 6 nitrogen and oxygen atoms in total. The highest BCUT2D eigenvalue weighted by atomic mass is 28.4. The molecule has 1 spiro atoms. The normalized spacial score (nSPS) is 23.5. The molecule has 2 aliphatic rings. The first-order chi connectivity index (χ1) is 18.4. The predicted molar refractivity (Wildman–Crippen MR) is 158 cm³/mol. The van der Waals surface area contributed by atoms with Crippen molar-refractivity contribution in [3.05, 3.63) is 60.2 Å². The van der Waals surface area contributed by atoms with Gasteiger partial charge < -0.3 is 23.4 Å². The van der Waals surface area contributed by atoms with Gasteiger partial charge in [0.1, 0.15) is 0 Å². The van der Waals surface area contributed by atoms with Crippen LogP contribution >= 0.6 is 0 Å². The summed E-state index contributed by atoms with van der Waals surface area (Å²) in [5.41, 5.74) is 1.13. The van der Waals surface area contributed by atoms with Crippen LogP contribution in [0.25, 0.3) is 0 Å². The van der Waals surface area contributed by atoms with Crippen LogP contribution in [0.15, 0.2) is 54.6 Å². The molecule has 4 atom stereocenters. The first-order valence-corrected chi connectivity index (χ1v) is 17.5. The molecule has 1 aromatic rings. The van der Waals surface area contributed by atoms with Gasteiger partial charge in [-0.25, -0.2) is 4.79 Å². The number of benzene rings is 1. The van der Waals surface area contributed by atoms with Crippen LogP contribution in [0.3, 0.4) is 0 Å². The Labute approximate surface area is 237 Å². The van der Waals surface area contributed by atoms with Crippen LogP contribution in [0, 0.1) is 0 Å². The fraction of sp³-hybridized carbons (Fsp3) is 0.656. The summed E-state index contributed by atoms with van der Waals surface area (Å²) in [6, 6.07) is 10.2. The van der Waals surface area contributed by atoms with E-state index in [2.05, 4.69) is 65.1 Å². The van der Waals surface area contributed by atoms with Gasteiger partial charge in [0.15, 0.2) is 14.1 Å². The van der Waals surface area contributed by atoms with Crippen LogP contribution in [0.2, 0.25) is 18.1 Å². The topological polar surface area (TPSA) is 63.2 Å². The summed E-state index contributed by atoms with van der Waals surface area (Å²) < 4.78 is 31.0. The van der Waals surface area contributed by atoms with E-state index in [1.54, 1.807) is 0 Å². The highest BCUT2D eigenvalue weighted by Crippen LogP contribution is 2.42. The molecular weight excluding hydrogens is 508 g/mol. The Morgan fingerprint density at radius 3 is 2.38 bits per heavy atom.